The zero-order valence-corrected chi connectivity index (χ0v) is 21.5. The van der Waals surface area contributed by atoms with Gasteiger partial charge in [-0.3, -0.25) is 9.59 Å². The molecule has 2 saturated heterocycles. The zero-order chi connectivity index (χ0) is 25.9. The highest BCUT2D eigenvalue weighted by Crippen LogP contribution is 2.22. The van der Waals surface area contributed by atoms with Gasteiger partial charge < -0.3 is 24.4 Å². The highest BCUT2D eigenvalue weighted by atomic mass is 16.6. The molecule has 3 amide bonds. The third-order valence-corrected chi connectivity index (χ3v) is 6.41. The number of hydrogen-bond acceptors (Lipinski definition) is 7. The molecule has 1 aromatic carbocycles. The van der Waals surface area contributed by atoms with Crippen LogP contribution in [0, 0.1) is 12.8 Å². The first-order chi connectivity index (χ1) is 17.1. The second kappa shape index (κ2) is 10.7. The fourth-order valence-electron chi connectivity index (χ4n) is 4.63. The second-order valence-electron chi connectivity index (χ2n) is 10.6. The van der Waals surface area contributed by atoms with Crippen molar-refractivity contribution in [3.63, 3.8) is 0 Å². The van der Waals surface area contributed by atoms with Gasteiger partial charge in [-0.25, -0.2) is 4.79 Å². The molecule has 10 nitrogen and oxygen atoms in total. The smallest absolute Gasteiger partial charge is 0.410 e. The summed E-state index contributed by atoms with van der Waals surface area (Å²) in [6.07, 6.45) is 2.73. The van der Waals surface area contributed by atoms with E-state index in [2.05, 4.69) is 15.5 Å². The van der Waals surface area contributed by atoms with Gasteiger partial charge in [0.05, 0.1) is 5.92 Å². The summed E-state index contributed by atoms with van der Waals surface area (Å²) >= 11 is 0. The van der Waals surface area contributed by atoms with Crippen LogP contribution in [0.2, 0.25) is 0 Å². The lowest BCUT2D eigenvalue weighted by Crippen LogP contribution is -2.53. The van der Waals surface area contributed by atoms with E-state index in [0.29, 0.717) is 43.5 Å². The van der Waals surface area contributed by atoms with Gasteiger partial charge in [-0.15, -0.1) is 0 Å². The molecule has 2 aromatic rings. The van der Waals surface area contributed by atoms with Gasteiger partial charge in [0.25, 0.3) is 11.8 Å². The first kappa shape index (κ1) is 25.7. The lowest BCUT2D eigenvalue weighted by Gasteiger charge is -2.36. The number of amides is 3. The van der Waals surface area contributed by atoms with Crippen LogP contribution < -0.4 is 5.32 Å². The molecule has 0 unspecified atom stereocenters. The van der Waals surface area contributed by atoms with E-state index in [1.165, 1.54) is 0 Å². The lowest BCUT2D eigenvalue weighted by atomic mass is 9.96. The van der Waals surface area contributed by atoms with Crippen molar-refractivity contribution in [3.05, 3.63) is 35.7 Å². The number of carbonyl (C=O) groups excluding carboxylic acids is 3. The van der Waals surface area contributed by atoms with E-state index >= 15 is 0 Å². The summed E-state index contributed by atoms with van der Waals surface area (Å²) in [6, 6.07) is 6.98. The molecule has 2 aliphatic heterocycles. The van der Waals surface area contributed by atoms with Crippen molar-refractivity contribution in [2.24, 2.45) is 5.92 Å². The molecule has 4 rings (SSSR count). The van der Waals surface area contributed by atoms with Gasteiger partial charge in [0.1, 0.15) is 5.60 Å². The highest BCUT2D eigenvalue weighted by molar-refractivity contribution is 5.94. The summed E-state index contributed by atoms with van der Waals surface area (Å²) in [4.78, 5) is 46.2. The molecule has 194 valence electrons. The van der Waals surface area contributed by atoms with Crippen LogP contribution in [0.3, 0.4) is 0 Å². The van der Waals surface area contributed by atoms with Crippen LogP contribution in [0.25, 0.3) is 11.5 Å². The Labute approximate surface area is 211 Å². The fourth-order valence-corrected chi connectivity index (χ4v) is 4.63. The molecule has 10 heteroatoms. The van der Waals surface area contributed by atoms with Crippen LogP contribution >= 0.6 is 0 Å². The zero-order valence-electron chi connectivity index (χ0n) is 21.5. The number of carbonyl (C=O) groups is 3. The van der Waals surface area contributed by atoms with Crippen LogP contribution in [0.5, 0.6) is 0 Å². The molecule has 0 radical (unpaired) electrons. The van der Waals surface area contributed by atoms with Gasteiger partial charge in [0, 0.05) is 43.3 Å². The molecule has 0 spiro atoms. The Kier molecular flexibility index (Phi) is 7.61. The first-order valence-electron chi connectivity index (χ1n) is 12.6. The van der Waals surface area contributed by atoms with E-state index in [-0.39, 0.29) is 29.9 Å². The van der Waals surface area contributed by atoms with Crippen molar-refractivity contribution < 1.29 is 23.6 Å². The number of aryl methyl sites for hydroxylation is 1. The SMILES string of the molecule is Cc1noc(-c2ccc(C(=O)N3CCC[C@H](NC(=O)[C@@H]4CCCN(C(=O)OC(C)(C)C)C4)C3)cc2)n1. The minimum Gasteiger partial charge on any atom is -0.444 e. The summed E-state index contributed by atoms with van der Waals surface area (Å²) in [6.45, 7) is 9.29. The number of nitrogens with one attached hydrogen (secondary N) is 1. The monoisotopic (exact) mass is 497 g/mol. The Morgan fingerprint density at radius 1 is 1.03 bits per heavy atom. The molecule has 2 fully saturated rings. The van der Waals surface area contributed by atoms with Gasteiger partial charge in [-0.2, -0.15) is 4.98 Å². The average Bonchev–Trinajstić information content (AvgIpc) is 3.29. The maximum absolute atomic E-state index is 13.1. The highest BCUT2D eigenvalue weighted by Gasteiger charge is 2.33. The maximum atomic E-state index is 13.1. The Hall–Kier alpha value is -3.43. The summed E-state index contributed by atoms with van der Waals surface area (Å²) in [5, 5.41) is 6.92. The summed E-state index contributed by atoms with van der Waals surface area (Å²) in [5.74, 6) is 0.550. The quantitative estimate of drug-likeness (QED) is 0.688. The van der Waals surface area contributed by atoms with E-state index in [9.17, 15) is 14.4 Å². The predicted octanol–water partition coefficient (Wildman–Crippen LogP) is 3.41. The maximum Gasteiger partial charge on any atom is 0.410 e. The second-order valence-corrected chi connectivity index (χ2v) is 10.6. The van der Waals surface area contributed by atoms with E-state index in [1.807, 2.05) is 20.8 Å². The van der Waals surface area contributed by atoms with Crippen molar-refractivity contribution in [3.8, 4) is 11.5 Å². The van der Waals surface area contributed by atoms with Crippen LogP contribution in [-0.4, -0.2) is 75.7 Å². The van der Waals surface area contributed by atoms with E-state index in [1.54, 1.807) is 41.0 Å². The van der Waals surface area contributed by atoms with Crippen molar-refractivity contribution in [2.75, 3.05) is 26.2 Å². The molecule has 36 heavy (non-hydrogen) atoms. The van der Waals surface area contributed by atoms with E-state index < -0.39 is 5.60 Å². The van der Waals surface area contributed by atoms with Gasteiger partial charge in [0.15, 0.2) is 5.82 Å². The van der Waals surface area contributed by atoms with Crippen LogP contribution in [0.15, 0.2) is 28.8 Å². The normalized spacial score (nSPS) is 20.7. The molecular weight excluding hydrogens is 462 g/mol. The van der Waals surface area contributed by atoms with Gasteiger partial charge >= 0.3 is 6.09 Å². The Bertz CT molecular complexity index is 1090. The van der Waals surface area contributed by atoms with Crippen molar-refractivity contribution in [2.45, 2.75) is 65.0 Å². The van der Waals surface area contributed by atoms with Gasteiger partial charge in [0.2, 0.25) is 5.91 Å². The number of nitrogens with zero attached hydrogens (tertiary/aromatic N) is 4. The summed E-state index contributed by atoms with van der Waals surface area (Å²) < 4.78 is 10.7. The third kappa shape index (κ3) is 6.41. The van der Waals surface area contributed by atoms with Crippen molar-refractivity contribution in [1.29, 1.82) is 0 Å². The van der Waals surface area contributed by atoms with Crippen molar-refractivity contribution >= 4 is 17.9 Å². The van der Waals surface area contributed by atoms with Crippen molar-refractivity contribution in [1.82, 2.24) is 25.3 Å². The number of aromatic nitrogens is 2. The Balaban J connectivity index is 1.31. The topological polar surface area (TPSA) is 118 Å². The number of rotatable bonds is 4. The number of piperidine rings is 2. The van der Waals surface area contributed by atoms with Gasteiger partial charge in [-0.05, 0) is 77.6 Å². The Morgan fingerprint density at radius 3 is 2.39 bits per heavy atom. The lowest BCUT2D eigenvalue weighted by molar-refractivity contribution is -0.127. The van der Waals surface area contributed by atoms with Crippen LogP contribution in [0.4, 0.5) is 4.79 Å². The molecule has 1 aromatic heterocycles. The number of likely N-dealkylation sites (tertiary alicyclic amines) is 2. The van der Waals surface area contributed by atoms with Crippen LogP contribution in [-0.2, 0) is 9.53 Å². The largest absolute Gasteiger partial charge is 0.444 e. The minimum atomic E-state index is -0.573. The number of benzene rings is 1. The molecule has 0 saturated carbocycles. The summed E-state index contributed by atoms with van der Waals surface area (Å²) in [7, 11) is 0. The molecule has 2 aliphatic rings. The number of ether oxygens (including phenoxy) is 1. The molecule has 0 aliphatic carbocycles. The molecular formula is C26H35N5O5. The Morgan fingerprint density at radius 2 is 1.72 bits per heavy atom. The standard InChI is InChI=1S/C26H35N5O5/c1-17-27-23(36-29-17)18-9-11-19(12-10-18)24(33)30-13-6-8-21(16-30)28-22(32)20-7-5-14-31(15-20)25(34)35-26(2,3)4/h9-12,20-21H,5-8,13-16H2,1-4H3,(H,28,32)/t20-,21+/m1/s1. The average molecular weight is 498 g/mol. The fraction of sp³-hybridized carbons (Fsp3) is 0.577. The van der Waals surface area contributed by atoms with Gasteiger partial charge in [-0.1, -0.05) is 5.16 Å². The predicted molar refractivity (Wildman–Crippen MR) is 132 cm³/mol. The number of hydrogen-bond donors (Lipinski definition) is 1. The van der Waals surface area contributed by atoms with Crippen LogP contribution in [0.1, 0.15) is 62.6 Å². The third-order valence-electron chi connectivity index (χ3n) is 6.41. The molecule has 1 N–H and O–H groups in total. The minimum absolute atomic E-state index is 0.0678. The molecule has 0 bridgehead atoms. The van der Waals surface area contributed by atoms with E-state index in [0.717, 1.165) is 31.2 Å². The summed E-state index contributed by atoms with van der Waals surface area (Å²) in [5.41, 5.74) is 0.752. The molecule has 2 atom stereocenters. The van der Waals surface area contributed by atoms with E-state index in [4.69, 9.17) is 9.26 Å². The molecule has 3 heterocycles. The first-order valence-corrected chi connectivity index (χ1v) is 12.6.